The van der Waals surface area contributed by atoms with Crippen LogP contribution in [0, 0.1) is 5.92 Å². The molecule has 0 bridgehead atoms. The summed E-state index contributed by atoms with van der Waals surface area (Å²) >= 11 is 0. The van der Waals surface area contributed by atoms with Crippen molar-refractivity contribution in [3.63, 3.8) is 0 Å². The van der Waals surface area contributed by atoms with Gasteiger partial charge in [-0.05, 0) is 37.1 Å². The SMILES string of the molecule is CC(CCCN)C(=O)NCc1ccc2c(c1)OCCO2. The van der Waals surface area contributed by atoms with Gasteiger partial charge in [0.15, 0.2) is 11.5 Å². The molecule has 110 valence electrons. The van der Waals surface area contributed by atoms with Crippen LogP contribution in [-0.2, 0) is 11.3 Å². The van der Waals surface area contributed by atoms with Crippen LogP contribution in [0.25, 0.3) is 0 Å². The third kappa shape index (κ3) is 3.87. The predicted octanol–water partition coefficient (Wildman–Crippen LogP) is 1.45. The van der Waals surface area contributed by atoms with Crippen molar-refractivity contribution in [1.29, 1.82) is 0 Å². The molecular weight excluding hydrogens is 256 g/mol. The topological polar surface area (TPSA) is 73.6 Å². The molecule has 1 atom stereocenters. The number of benzene rings is 1. The van der Waals surface area contributed by atoms with Crippen molar-refractivity contribution in [2.75, 3.05) is 19.8 Å². The monoisotopic (exact) mass is 278 g/mol. The van der Waals surface area contributed by atoms with Gasteiger partial charge < -0.3 is 20.5 Å². The number of ether oxygens (including phenoxy) is 2. The first-order chi connectivity index (χ1) is 9.70. The average Bonchev–Trinajstić information content (AvgIpc) is 2.50. The maximum absolute atomic E-state index is 11.9. The van der Waals surface area contributed by atoms with E-state index in [2.05, 4.69) is 5.32 Å². The van der Waals surface area contributed by atoms with Crippen LogP contribution < -0.4 is 20.5 Å². The van der Waals surface area contributed by atoms with E-state index in [0.29, 0.717) is 26.3 Å². The number of nitrogens with two attached hydrogens (primary N) is 1. The molecule has 20 heavy (non-hydrogen) atoms. The van der Waals surface area contributed by atoms with Crippen molar-refractivity contribution in [2.45, 2.75) is 26.3 Å². The van der Waals surface area contributed by atoms with E-state index in [1.165, 1.54) is 0 Å². The van der Waals surface area contributed by atoms with E-state index in [1.807, 2.05) is 25.1 Å². The molecule has 0 fully saturated rings. The van der Waals surface area contributed by atoms with Crippen LogP contribution in [0.5, 0.6) is 11.5 Å². The molecule has 3 N–H and O–H groups in total. The average molecular weight is 278 g/mol. The fourth-order valence-corrected chi connectivity index (χ4v) is 2.12. The van der Waals surface area contributed by atoms with Gasteiger partial charge in [0.05, 0.1) is 0 Å². The fraction of sp³-hybridized carbons (Fsp3) is 0.533. The number of carbonyl (C=O) groups excluding carboxylic acids is 1. The van der Waals surface area contributed by atoms with Crippen molar-refractivity contribution in [1.82, 2.24) is 5.32 Å². The highest BCUT2D eigenvalue weighted by atomic mass is 16.6. The Hall–Kier alpha value is -1.75. The Balaban J connectivity index is 1.86. The Labute approximate surface area is 119 Å². The van der Waals surface area contributed by atoms with Crippen molar-refractivity contribution in [3.05, 3.63) is 23.8 Å². The standard InChI is InChI=1S/C15H22N2O3/c1-11(3-2-6-16)15(18)17-10-12-4-5-13-14(9-12)20-8-7-19-13/h4-5,9,11H,2-3,6-8,10,16H2,1H3,(H,17,18). The number of rotatable bonds is 6. The molecule has 5 heteroatoms. The first kappa shape index (κ1) is 14.7. The first-order valence-electron chi connectivity index (χ1n) is 7.07. The summed E-state index contributed by atoms with van der Waals surface area (Å²) in [6.45, 7) is 4.21. The number of hydrogen-bond donors (Lipinski definition) is 2. The van der Waals surface area contributed by atoms with Gasteiger partial charge in [0.25, 0.3) is 0 Å². The van der Waals surface area contributed by atoms with Gasteiger partial charge in [-0.15, -0.1) is 0 Å². The quantitative estimate of drug-likeness (QED) is 0.826. The maximum atomic E-state index is 11.9. The lowest BCUT2D eigenvalue weighted by atomic mass is 10.0. The summed E-state index contributed by atoms with van der Waals surface area (Å²) < 4.78 is 11.0. The molecule has 2 rings (SSSR count). The molecule has 1 aromatic carbocycles. The van der Waals surface area contributed by atoms with Crippen LogP contribution in [0.2, 0.25) is 0 Å². The summed E-state index contributed by atoms with van der Waals surface area (Å²) in [7, 11) is 0. The lowest BCUT2D eigenvalue weighted by Gasteiger charge is -2.19. The summed E-state index contributed by atoms with van der Waals surface area (Å²) in [6.07, 6.45) is 1.70. The van der Waals surface area contributed by atoms with Crippen LogP contribution in [0.15, 0.2) is 18.2 Å². The smallest absolute Gasteiger partial charge is 0.223 e. The van der Waals surface area contributed by atoms with Gasteiger partial charge in [-0.1, -0.05) is 13.0 Å². The van der Waals surface area contributed by atoms with Gasteiger partial charge >= 0.3 is 0 Å². The summed E-state index contributed by atoms with van der Waals surface area (Å²) in [5, 5.41) is 2.94. The van der Waals surface area contributed by atoms with Gasteiger partial charge in [0, 0.05) is 12.5 Å². The molecule has 0 saturated heterocycles. The minimum Gasteiger partial charge on any atom is -0.486 e. The molecule has 5 nitrogen and oxygen atoms in total. The second-order valence-corrected chi connectivity index (χ2v) is 5.03. The molecule has 1 aliphatic heterocycles. The first-order valence-corrected chi connectivity index (χ1v) is 7.07. The summed E-state index contributed by atoms with van der Waals surface area (Å²) in [6, 6.07) is 5.74. The Morgan fingerprint density at radius 1 is 1.35 bits per heavy atom. The Morgan fingerprint density at radius 2 is 2.10 bits per heavy atom. The molecule has 0 spiro atoms. The Bertz CT molecular complexity index is 462. The predicted molar refractivity (Wildman–Crippen MR) is 76.7 cm³/mol. The number of fused-ring (bicyclic) bond motifs is 1. The van der Waals surface area contributed by atoms with Crippen molar-refractivity contribution < 1.29 is 14.3 Å². The van der Waals surface area contributed by atoms with Crippen molar-refractivity contribution >= 4 is 5.91 Å². The van der Waals surface area contributed by atoms with Gasteiger partial charge in [-0.25, -0.2) is 0 Å². The molecule has 0 aromatic heterocycles. The van der Waals surface area contributed by atoms with Crippen LogP contribution in [0.3, 0.4) is 0 Å². The molecule has 0 aliphatic carbocycles. The second-order valence-electron chi connectivity index (χ2n) is 5.03. The molecule has 1 amide bonds. The number of amides is 1. The van der Waals surface area contributed by atoms with E-state index in [9.17, 15) is 4.79 Å². The largest absolute Gasteiger partial charge is 0.486 e. The van der Waals surface area contributed by atoms with E-state index in [4.69, 9.17) is 15.2 Å². The van der Waals surface area contributed by atoms with E-state index in [1.54, 1.807) is 0 Å². The van der Waals surface area contributed by atoms with Gasteiger partial charge in [-0.3, -0.25) is 4.79 Å². The van der Waals surface area contributed by atoms with E-state index in [-0.39, 0.29) is 11.8 Å². The van der Waals surface area contributed by atoms with Crippen LogP contribution in [0.1, 0.15) is 25.3 Å². The van der Waals surface area contributed by atoms with Gasteiger partial charge in [0.2, 0.25) is 5.91 Å². The highest BCUT2D eigenvalue weighted by Gasteiger charge is 2.14. The third-order valence-electron chi connectivity index (χ3n) is 3.36. The Morgan fingerprint density at radius 3 is 2.85 bits per heavy atom. The highest BCUT2D eigenvalue weighted by Crippen LogP contribution is 2.30. The third-order valence-corrected chi connectivity index (χ3v) is 3.36. The minimum absolute atomic E-state index is 0.00393. The zero-order valence-electron chi connectivity index (χ0n) is 11.9. The Kier molecular flexibility index (Phi) is 5.24. The number of hydrogen-bond acceptors (Lipinski definition) is 4. The highest BCUT2D eigenvalue weighted by molar-refractivity contribution is 5.78. The number of carbonyl (C=O) groups is 1. The van der Waals surface area contributed by atoms with E-state index < -0.39 is 0 Å². The van der Waals surface area contributed by atoms with Crippen molar-refractivity contribution in [3.8, 4) is 11.5 Å². The van der Waals surface area contributed by atoms with Gasteiger partial charge in [0.1, 0.15) is 13.2 Å². The fourth-order valence-electron chi connectivity index (χ4n) is 2.12. The van der Waals surface area contributed by atoms with Crippen molar-refractivity contribution in [2.24, 2.45) is 11.7 Å². The lowest BCUT2D eigenvalue weighted by molar-refractivity contribution is -0.124. The molecule has 0 radical (unpaired) electrons. The van der Waals surface area contributed by atoms with Crippen LogP contribution >= 0.6 is 0 Å². The molecule has 1 unspecified atom stereocenters. The minimum atomic E-state index is -0.00393. The van der Waals surface area contributed by atoms with E-state index >= 15 is 0 Å². The zero-order valence-corrected chi connectivity index (χ0v) is 11.9. The normalized spacial score (nSPS) is 14.7. The molecule has 1 aromatic rings. The summed E-state index contributed by atoms with van der Waals surface area (Å²) in [4.78, 5) is 11.9. The molecule has 0 saturated carbocycles. The van der Waals surface area contributed by atoms with E-state index in [0.717, 1.165) is 29.9 Å². The zero-order chi connectivity index (χ0) is 14.4. The van der Waals surface area contributed by atoms with Crippen LogP contribution in [0.4, 0.5) is 0 Å². The number of nitrogens with one attached hydrogen (secondary N) is 1. The molecule has 1 heterocycles. The maximum Gasteiger partial charge on any atom is 0.223 e. The van der Waals surface area contributed by atoms with Gasteiger partial charge in [-0.2, -0.15) is 0 Å². The molecular formula is C15H22N2O3. The summed E-state index contributed by atoms with van der Waals surface area (Å²) in [5.74, 6) is 1.57. The second kappa shape index (κ2) is 7.14. The summed E-state index contributed by atoms with van der Waals surface area (Å²) in [5.41, 5.74) is 6.46. The lowest BCUT2D eigenvalue weighted by Crippen LogP contribution is -2.29. The molecule has 1 aliphatic rings. The van der Waals surface area contributed by atoms with Crippen LogP contribution in [-0.4, -0.2) is 25.7 Å².